The van der Waals surface area contributed by atoms with Crippen LogP contribution in [0, 0.1) is 0 Å². The van der Waals surface area contributed by atoms with Crippen molar-refractivity contribution in [2.75, 3.05) is 0 Å². The normalized spacial score (nSPS) is 10.9. The van der Waals surface area contributed by atoms with E-state index in [1.54, 1.807) is 18.0 Å². The van der Waals surface area contributed by atoms with E-state index in [1.165, 1.54) is 5.56 Å². The van der Waals surface area contributed by atoms with E-state index in [2.05, 4.69) is 23.6 Å². The van der Waals surface area contributed by atoms with Crippen LogP contribution in [0.4, 0.5) is 0 Å². The van der Waals surface area contributed by atoms with E-state index in [0.29, 0.717) is 0 Å². The maximum absolute atomic E-state index is 5.23. The number of furan rings is 1. The predicted molar refractivity (Wildman–Crippen MR) is 65.5 cm³/mol. The molecule has 1 aromatic heterocycles. The SMILES string of the molecule is C(=C\c1ccccc1)/SCc1ccco1. The molecule has 0 N–H and O–H groups in total. The number of thioether (sulfide) groups is 1. The summed E-state index contributed by atoms with van der Waals surface area (Å²) in [6, 6.07) is 14.2. The van der Waals surface area contributed by atoms with E-state index in [9.17, 15) is 0 Å². The van der Waals surface area contributed by atoms with E-state index in [0.717, 1.165) is 11.5 Å². The van der Waals surface area contributed by atoms with Crippen LogP contribution in [0.2, 0.25) is 0 Å². The quantitative estimate of drug-likeness (QED) is 0.760. The lowest BCUT2D eigenvalue weighted by Gasteiger charge is -1.92. The topological polar surface area (TPSA) is 13.1 Å². The highest BCUT2D eigenvalue weighted by Crippen LogP contribution is 2.15. The van der Waals surface area contributed by atoms with Gasteiger partial charge >= 0.3 is 0 Å². The molecule has 0 unspecified atom stereocenters. The Labute approximate surface area is 93.8 Å². The first kappa shape index (κ1) is 10.1. The van der Waals surface area contributed by atoms with Gasteiger partial charge in [0.15, 0.2) is 0 Å². The third-order valence-corrected chi connectivity index (χ3v) is 2.74. The van der Waals surface area contributed by atoms with Crippen molar-refractivity contribution in [3.8, 4) is 0 Å². The van der Waals surface area contributed by atoms with Gasteiger partial charge in [0, 0.05) is 0 Å². The highest BCUT2D eigenvalue weighted by Gasteiger charge is 1.92. The van der Waals surface area contributed by atoms with E-state index in [-0.39, 0.29) is 0 Å². The van der Waals surface area contributed by atoms with Crippen LogP contribution in [-0.4, -0.2) is 0 Å². The Hall–Kier alpha value is -1.41. The highest BCUT2D eigenvalue weighted by molar-refractivity contribution is 8.01. The number of benzene rings is 1. The summed E-state index contributed by atoms with van der Waals surface area (Å²) in [4.78, 5) is 0. The molecular formula is C13H12OS. The second kappa shape index (κ2) is 5.47. The summed E-state index contributed by atoms with van der Waals surface area (Å²) >= 11 is 1.73. The fraction of sp³-hybridized carbons (Fsp3) is 0.0769. The van der Waals surface area contributed by atoms with Crippen LogP contribution in [0.5, 0.6) is 0 Å². The van der Waals surface area contributed by atoms with Gasteiger partial charge in [0.1, 0.15) is 5.76 Å². The molecule has 0 bridgehead atoms. The summed E-state index contributed by atoms with van der Waals surface area (Å²) in [6.45, 7) is 0. The molecular weight excluding hydrogens is 204 g/mol. The number of hydrogen-bond acceptors (Lipinski definition) is 2. The molecule has 0 fully saturated rings. The summed E-state index contributed by atoms with van der Waals surface area (Å²) in [6.07, 6.45) is 3.81. The Kier molecular flexibility index (Phi) is 3.69. The van der Waals surface area contributed by atoms with Gasteiger partial charge in [0.05, 0.1) is 12.0 Å². The van der Waals surface area contributed by atoms with Crippen LogP contribution in [0.15, 0.2) is 58.6 Å². The fourth-order valence-electron chi connectivity index (χ4n) is 1.22. The van der Waals surface area contributed by atoms with Gasteiger partial charge in [-0.25, -0.2) is 0 Å². The van der Waals surface area contributed by atoms with Crippen molar-refractivity contribution in [2.45, 2.75) is 5.75 Å². The minimum atomic E-state index is 0.885. The van der Waals surface area contributed by atoms with Crippen LogP contribution in [-0.2, 0) is 5.75 Å². The average Bonchev–Trinajstić information content (AvgIpc) is 2.79. The maximum Gasteiger partial charge on any atom is 0.113 e. The highest BCUT2D eigenvalue weighted by atomic mass is 32.2. The molecule has 0 saturated heterocycles. The number of rotatable bonds is 4. The van der Waals surface area contributed by atoms with Crippen LogP contribution in [0.3, 0.4) is 0 Å². The van der Waals surface area contributed by atoms with Crippen molar-refractivity contribution >= 4 is 17.8 Å². The van der Waals surface area contributed by atoms with Gasteiger partial charge in [-0.1, -0.05) is 30.3 Å². The molecule has 0 spiro atoms. The maximum atomic E-state index is 5.23. The van der Waals surface area contributed by atoms with E-state index in [1.807, 2.05) is 30.3 Å². The molecule has 1 heterocycles. The molecule has 2 heteroatoms. The molecule has 0 radical (unpaired) electrons. The molecule has 1 nitrogen and oxygen atoms in total. The molecule has 2 rings (SSSR count). The molecule has 0 amide bonds. The van der Waals surface area contributed by atoms with E-state index in [4.69, 9.17) is 4.42 Å². The van der Waals surface area contributed by atoms with Gasteiger partial charge in [0.25, 0.3) is 0 Å². The molecule has 2 aromatic rings. The fourth-order valence-corrected chi connectivity index (χ4v) is 1.89. The van der Waals surface area contributed by atoms with Gasteiger partial charge in [-0.15, -0.1) is 11.8 Å². The van der Waals surface area contributed by atoms with Gasteiger partial charge in [0.2, 0.25) is 0 Å². The third-order valence-electron chi connectivity index (χ3n) is 1.96. The first-order valence-corrected chi connectivity index (χ1v) is 5.85. The summed E-state index contributed by atoms with van der Waals surface area (Å²) in [5.74, 6) is 1.90. The van der Waals surface area contributed by atoms with Crippen molar-refractivity contribution in [3.63, 3.8) is 0 Å². The summed E-state index contributed by atoms with van der Waals surface area (Å²) < 4.78 is 5.23. The van der Waals surface area contributed by atoms with Gasteiger partial charge in [-0.2, -0.15) is 0 Å². The van der Waals surface area contributed by atoms with E-state index >= 15 is 0 Å². The van der Waals surface area contributed by atoms with Gasteiger partial charge in [-0.05, 0) is 29.2 Å². The van der Waals surface area contributed by atoms with Crippen molar-refractivity contribution in [1.29, 1.82) is 0 Å². The third kappa shape index (κ3) is 3.33. The molecule has 0 aliphatic carbocycles. The summed E-state index contributed by atoms with van der Waals surface area (Å²) in [5, 5.41) is 2.10. The Morgan fingerprint density at radius 1 is 1.07 bits per heavy atom. The average molecular weight is 216 g/mol. The first-order chi connectivity index (χ1) is 7.45. The summed E-state index contributed by atoms with van der Waals surface area (Å²) in [7, 11) is 0. The Morgan fingerprint density at radius 2 is 1.93 bits per heavy atom. The molecule has 1 aromatic carbocycles. The molecule has 0 atom stereocenters. The van der Waals surface area contributed by atoms with Crippen molar-refractivity contribution in [3.05, 3.63) is 65.5 Å². The Bertz CT molecular complexity index is 403. The zero-order valence-corrected chi connectivity index (χ0v) is 9.11. The Balaban J connectivity index is 1.81. The second-order valence-electron chi connectivity index (χ2n) is 3.10. The smallest absolute Gasteiger partial charge is 0.113 e. The lowest BCUT2D eigenvalue weighted by atomic mass is 10.2. The monoisotopic (exact) mass is 216 g/mol. The lowest BCUT2D eigenvalue weighted by Crippen LogP contribution is -1.70. The molecule has 15 heavy (non-hydrogen) atoms. The molecule has 0 aliphatic rings. The Morgan fingerprint density at radius 3 is 2.67 bits per heavy atom. The number of hydrogen-bond donors (Lipinski definition) is 0. The summed E-state index contributed by atoms with van der Waals surface area (Å²) in [5.41, 5.74) is 1.23. The zero-order valence-electron chi connectivity index (χ0n) is 8.30. The second-order valence-corrected chi connectivity index (χ2v) is 4.00. The predicted octanol–water partition coefficient (Wildman–Crippen LogP) is 4.18. The standard InChI is InChI=1S/C13H12OS/c1-2-5-12(6-3-1)8-10-15-11-13-7-4-9-14-13/h1-10H,11H2/b10-8+. The van der Waals surface area contributed by atoms with Crippen LogP contribution >= 0.6 is 11.8 Å². The van der Waals surface area contributed by atoms with E-state index < -0.39 is 0 Å². The first-order valence-electron chi connectivity index (χ1n) is 4.81. The van der Waals surface area contributed by atoms with Crippen molar-refractivity contribution in [1.82, 2.24) is 0 Å². The van der Waals surface area contributed by atoms with Gasteiger partial charge < -0.3 is 4.42 Å². The van der Waals surface area contributed by atoms with Crippen LogP contribution in [0.1, 0.15) is 11.3 Å². The van der Waals surface area contributed by atoms with Crippen molar-refractivity contribution in [2.24, 2.45) is 0 Å². The zero-order chi connectivity index (χ0) is 10.3. The van der Waals surface area contributed by atoms with Crippen LogP contribution in [0.25, 0.3) is 6.08 Å². The lowest BCUT2D eigenvalue weighted by molar-refractivity contribution is 0.530. The molecule has 76 valence electrons. The minimum absolute atomic E-state index is 0.885. The largest absolute Gasteiger partial charge is 0.468 e. The van der Waals surface area contributed by atoms with Crippen molar-refractivity contribution < 1.29 is 4.42 Å². The minimum Gasteiger partial charge on any atom is -0.468 e. The van der Waals surface area contributed by atoms with Crippen LogP contribution < -0.4 is 0 Å². The molecule has 0 saturated carbocycles. The molecule has 0 aliphatic heterocycles. The van der Waals surface area contributed by atoms with Gasteiger partial charge in [-0.3, -0.25) is 0 Å².